The Kier molecular flexibility index (Phi) is 4.76. The Hall–Kier alpha value is -1.85. The van der Waals surface area contributed by atoms with Gasteiger partial charge in [0, 0.05) is 39.8 Å². The summed E-state index contributed by atoms with van der Waals surface area (Å²) in [5.41, 5.74) is 0.509. The normalized spacial score (nSPS) is 18.9. The van der Waals surface area contributed by atoms with Gasteiger partial charge in [-0.3, -0.25) is 14.3 Å². The van der Waals surface area contributed by atoms with Crippen LogP contribution in [0.2, 0.25) is 0 Å². The fourth-order valence-electron chi connectivity index (χ4n) is 2.63. The summed E-state index contributed by atoms with van der Waals surface area (Å²) in [5, 5.41) is 6.98. The molecule has 1 fully saturated rings. The number of carbonyl (C=O) groups is 2. The quantitative estimate of drug-likeness (QED) is 0.886. The molecule has 2 amide bonds. The van der Waals surface area contributed by atoms with Gasteiger partial charge in [-0.15, -0.1) is 0 Å². The summed E-state index contributed by atoms with van der Waals surface area (Å²) in [6, 6.07) is 1.75. The summed E-state index contributed by atoms with van der Waals surface area (Å²) in [5.74, 6) is 0.473. The number of hydrogen-bond acceptors (Lipinski definition) is 3. The van der Waals surface area contributed by atoms with E-state index in [2.05, 4.69) is 10.4 Å². The van der Waals surface area contributed by atoms with Gasteiger partial charge in [0.1, 0.15) is 5.69 Å². The first kappa shape index (κ1) is 14.6. The maximum atomic E-state index is 12.3. The highest BCUT2D eigenvalue weighted by Crippen LogP contribution is 2.20. The molecule has 1 aliphatic rings. The van der Waals surface area contributed by atoms with Crippen molar-refractivity contribution >= 4 is 11.8 Å². The number of nitrogens with zero attached hydrogens (tertiary/aromatic N) is 3. The Labute approximate surface area is 119 Å². The average molecular weight is 278 g/mol. The zero-order chi connectivity index (χ0) is 14.5. The lowest BCUT2D eigenvalue weighted by molar-refractivity contribution is -0.119. The zero-order valence-corrected chi connectivity index (χ0v) is 12.1. The van der Waals surface area contributed by atoms with Crippen LogP contribution in [0.15, 0.2) is 12.3 Å². The highest BCUT2D eigenvalue weighted by atomic mass is 16.2. The monoisotopic (exact) mass is 278 g/mol. The molecule has 6 nitrogen and oxygen atoms in total. The molecule has 1 aromatic heterocycles. The summed E-state index contributed by atoms with van der Waals surface area (Å²) in [4.78, 5) is 25.1. The van der Waals surface area contributed by atoms with Crippen LogP contribution in [0.25, 0.3) is 0 Å². The minimum Gasteiger partial charge on any atom is -0.356 e. The topological polar surface area (TPSA) is 67.2 Å². The average Bonchev–Trinajstić information content (AvgIpc) is 2.84. The number of amides is 2. The number of hydrogen-bond donors (Lipinski definition) is 1. The molecule has 110 valence electrons. The number of likely N-dealkylation sites (tertiary alicyclic amines) is 1. The molecule has 0 aliphatic carbocycles. The van der Waals surface area contributed by atoms with Crippen LogP contribution >= 0.6 is 0 Å². The van der Waals surface area contributed by atoms with E-state index in [9.17, 15) is 9.59 Å². The smallest absolute Gasteiger partial charge is 0.274 e. The van der Waals surface area contributed by atoms with Gasteiger partial charge in [-0.1, -0.05) is 0 Å². The molecular weight excluding hydrogens is 256 g/mol. The number of aryl methyl sites for hydroxylation is 1. The van der Waals surface area contributed by atoms with E-state index in [1.165, 1.54) is 6.92 Å². The fourth-order valence-corrected chi connectivity index (χ4v) is 2.63. The van der Waals surface area contributed by atoms with E-state index < -0.39 is 0 Å². The fraction of sp³-hybridized carbons (Fsp3) is 0.643. The summed E-state index contributed by atoms with van der Waals surface area (Å²) in [7, 11) is 1.81. The molecule has 2 heterocycles. The highest BCUT2D eigenvalue weighted by molar-refractivity contribution is 5.92. The predicted molar refractivity (Wildman–Crippen MR) is 75.1 cm³/mol. The van der Waals surface area contributed by atoms with E-state index in [4.69, 9.17) is 0 Å². The van der Waals surface area contributed by atoms with Gasteiger partial charge in [0.05, 0.1) is 0 Å². The van der Waals surface area contributed by atoms with Crippen molar-refractivity contribution in [3.63, 3.8) is 0 Å². The Morgan fingerprint density at radius 1 is 1.50 bits per heavy atom. The van der Waals surface area contributed by atoms with Crippen LogP contribution in [0, 0.1) is 5.92 Å². The van der Waals surface area contributed by atoms with Crippen LogP contribution in [0.5, 0.6) is 0 Å². The molecule has 20 heavy (non-hydrogen) atoms. The predicted octanol–water partition coefficient (Wildman–Crippen LogP) is 0.798. The molecule has 1 saturated heterocycles. The molecule has 0 spiro atoms. The number of carbonyl (C=O) groups excluding carboxylic acids is 2. The molecule has 2 rings (SSSR count). The van der Waals surface area contributed by atoms with Gasteiger partial charge >= 0.3 is 0 Å². The van der Waals surface area contributed by atoms with Crippen LogP contribution in [0.3, 0.4) is 0 Å². The summed E-state index contributed by atoms with van der Waals surface area (Å²) in [6.45, 7) is 3.77. The molecule has 0 unspecified atom stereocenters. The van der Waals surface area contributed by atoms with Crippen LogP contribution < -0.4 is 5.32 Å². The van der Waals surface area contributed by atoms with Gasteiger partial charge < -0.3 is 10.2 Å². The van der Waals surface area contributed by atoms with Crippen molar-refractivity contribution in [2.75, 3.05) is 19.6 Å². The Balaban J connectivity index is 1.86. The van der Waals surface area contributed by atoms with Crippen molar-refractivity contribution in [1.82, 2.24) is 20.0 Å². The minimum atomic E-state index is 0.00206. The molecule has 0 saturated carbocycles. The van der Waals surface area contributed by atoms with Gasteiger partial charge in [0.2, 0.25) is 5.91 Å². The van der Waals surface area contributed by atoms with E-state index in [0.717, 1.165) is 32.4 Å². The lowest BCUT2D eigenvalue weighted by atomic mass is 9.94. The van der Waals surface area contributed by atoms with Gasteiger partial charge in [0.15, 0.2) is 0 Å². The van der Waals surface area contributed by atoms with Crippen LogP contribution in [-0.4, -0.2) is 46.1 Å². The van der Waals surface area contributed by atoms with Gasteiger partial charge in [0.25, 0.3) is 5.91 Å². The third-order valence-electron chi connectivity index (χ3n) is 3.67. The van der Waals surface area contributed by atoms with Crippen molar-refractivity contribution in [1.29, 1.82) is 0 Å². The van der Waals surface area contributed by atoms with E-state index in [1.807, 2.05) is 11.9 Å². The maximum Gasteiger partial charge on any atom is 0.274 e. The molecular formula is C14H22N4O2. The van der Waals surface area contributed by atoms with Crippen molar-refractivity contribution in [2.24, 2.45) is 13.0 Å². The van der Waals surface area contributed by atoms with E-state index in [0.29, 0.717) is 18.2 Å². The molecule has 0 radical (unpaired) electrons. The first-order valence-corrected chi connectivity index (χ1v) is 7.09. The Morgan fingerprint density at radius 2 is 2.30 bits per heavy atom. The number of piperidine rings is 1. The molecule has 1 atom stereocenters. The second-order valence-corrected chi connectivity index (χ2v) is 5.41. The lowest BCUT2D eigenvalue weighted by Crippen LogP contribution is -2.41. The third-order valence-corrected chi connectivity index (χ3v) is 3.67. The Morgan fingerprint density at radius 3 is 2.95 bits per heavy atom. The number of rotatable bonds is 4. The lowest BCUT2D eigenvalue weighted by Gasteiger charge is -2.32. The van der Waals surface area contributed by atoms with E-state index >= 15 is 0 Å². The maximum absolute atomic E-state index is 12.3. The van der Waals surface area contributed by atoms with Crippen molar-refractivity contribution in [3.8, 4) is 0 Å². The molecule has 1 aromatic rings. The molecule has 1 N–H and O–H groups in total. The largest absolute Gasteiger partial charge is 0.356 e. The minimum absolute atomic E-state index is 0.00206. The summed E-state index contributed by atoms with van der Waals surface area (Å²) in [6.07, 6.45) is 4.84. The number of nitrogens with one attached hydrogen (secondary N) is 1. The Bertz CT molecular complexity index is 483. The van der Waals surface area contributed by atoms with Gasteiger partial charge in [-0.25, -0.2) is 0 Å². The molecule has 0 bridgehead atoms. The summed E-state index contributed by atoms with van der Waals surface area (Å²) < 4.78 is 1.64. The second-order valence-electron chi connectivity index (χ2n) is 5.41. The number of aromatic nitrogens is 2. The molecule has 1 aliphatic heterocycles. The third kappa shape index (κ3) is 3.82. The first-order chi connectivity index (χ1) is 9.56. The zero-order valence-electron chi connectivity index (χ0n) is 12.1. The molecule has 0 aromatic carbocycles. The first-order valence-electron chi connectivity index (χ1n) is 7.09. The second kappa shape index (κ2) is 6.54. The van der Waals surface area contributed by atoms with E-state index in [1.54, 1.807) is 16.9 Å². The van der Waals surface area contributed by atoms with Crippen LogP contribution in [0.4, 0.5) is 0 Å². The van der Waals surface area contributed by atoms with Gasteiger partial charge in [-0.2, -0.15) is 5.10 Å². The molecule has 6 heteroatoms. The van der Waals surface area contributed by atoms with E-state index in [-0.39, 0.29) is 11.8 Å². The van der Waals surface area contributed by atoms with Crippen molar-refractivity contribution in [2.45, 2.75) is 26.2 Å². The van der Waals surface area contributed by atoms with Crippen molar-refractivity contribution in [3.05, 3.63) is 18.0 Å². The standard InChI is InChI=1S/C14H22N4O2/c1-11(19)15-7-5-12-4-3-8-18(10-12)14(20)13-6-9-17(2)16-13/h6,9,12H,3-5,7-8,10H2,1-2H3,(H,15,19)/t12-/m1/s1. The highest BCUT2D eigenvalue weighted by Gasteiger charge is 2.25. The van der Waals surface area contributed by atoms with Gasteiger partial charge in [-0.05, 0) is 31.2 Å². The SMILES string of the molecule is CC(=O)NCC[C@H]1CCCN(C(=O)c2ccn(C)n2)C1. The summed E-state index contributed by atoms with van der Waals surface area (Å²) >= 11 is 0. The van der Waals surface area contributed by atoms with Crippen LogP contribution in [0.1, 0.15) is 36.7 Å². The van der Waals surface area contributed by atoms with Crippen LogP contribution in [-0.2, 0) is 11.8 Å². The van der Waals surface area contributed by atoms with Crippen molar-refractivity contribution < 1.29 is 9.59 Å².